The number of H-pyrrole nitrogens is 1. The fourth-order valence-corrected chi connectivity index (χ4v) is 4.54. The van der Waals surface area contributed by atoms with Crippen molar-refractivity contribution in [3.63, 3.8) is 0 Å². The molecule has 2 heterocycles. The van der Waals surface area contributed by atoms with Crippen LogP contribution in [-0.2, 0) is 16.4 Å². The molecule has 1 aliphatic rings. The highest BCUT2D eigenvalue weighted by Crippen LogP contribution is 2.33. The molecule has 2 aromatic carbocycles. The second-order valence-corrected chi connectivity index (χ2v) is 9.53. The number of carbonyl (C=O) groups excluding carboxylic acids is 1. The number of nitrogens with one attached hydrogen (secondary N) is 1. The van der Waals surface area contributed by atoms with Crippen molar-refractivity contribution in [2.75, 3.05) is 32.1 Å². The molecule has 1 aromatic heterocycles. The van der Waals surface area contributed by atoms with Gasteiger partial charge in [0, 0.05) is 31.9 Å². The quantitative estimate of drug-likeness (QED) is 0.636. The Morgan fingerprint density at radius 2 is 1.97 bits per heavy atom. The molecule has 31 heavy (non-hydrogen) atoms. The van der Waals surface area contributed by atoms with Crippen LogP contribution in [0.1, 0.15) is 23.0 Å². The third kappa shape index (κ3) is 3.82. The second kappa shape index (κ2) is 8.16. The number of sulfonamides is 1. The van der Waals surface area contributed by atoms with Crippen LogP contribution in [0.3, 0.4) is 0 Å². The van der Waals surface area contributed by atoms with Gasteiger partial charge in [-0.05, 0) is 49.2 Å². The minimum atomic E-state index is -3.59. The molecule has 0 fully saturated rings. The number of carbonyl (C=O) groups is 1. The largest absolute Gasteiger partial charge is 0.493 e. The Morgan fingerprint density at radius 3 is 2.71 bits per heavy atom. The van der Waals surface area contributed by atoms with Gasteiger partial charge in [0.2, 0.25) is 10.0 Å². The van der Waals surface area contributed by atoms with Gasteiger partial charge >= 0.3 is 0 Å². The molecule has 1 aliphatic heterocycles. The van der Waals surface area contributed by atoms with Crippen LogP contribution in [0.5, 0.6) is 5.75 Å². The summed E-state index contributed by atoms with van der Waals surface area (Å²) in [7, 11) is -0.625. The maximum Gasteiger partial charge on any atom is 0.276 e. The van der Waals surface area contributed by atoms with Gasteiger partial charge in [0.05, 0.1) is 17.2 Å². The van der Waals surface area contributed by atoms with Gasteiger partial charge in [0.15, 0.2) is 0 Å². The van der Waals surface area contributed by atoms with E-state index in [1.807, 2.05) is 31.2 Å². The fourth-order valence-electron chi connectivity index (χ4n) is 3.62. The van der Waals surface area contributed by atoms with E-state index in [2.05, 4.69) is 10.2 Å². The normalized spacial score (nSPS) is 13.5. The molecule has 0 spiro atoms. The summed E-state index contributed by atoms with van der Waals surface area (Å²) in [5, 5.41) is 7.12. The number of fused-ring (bicyclic) bond motifs is 1. The lowest BCUT2D eigenvalue weighted by Gasteiger charge is -2.18. The van der Waals surface area contributed by atoms with Gasteiger partial charge < -0.3 is 9.64 Å². The number of para-hydroxylation sites is 1. The highest BCUT2D eigenvalue weighted by molar-refractivity contribution is 7.89. The maximum atomic E-state index is 13.2. The Bertz CT molecular complexity index is 1230. The van der Waals surface area contributed by atoms with E-state index in [1.54, 1.807) is 29.2 Å². The van der Waals surface area contributed by atoms with Crippen LogP contribution >= 0.6 is 0 Å². The predicted molar refractivity (Wildman–Crippen MR) is 118 cm³/mol. The van der Waals surface area contributed by atoms with Gasteiger partial charge in [-0.25, -0.2) is 12.7 Å². The highest BCUT2D eigenvalue weighted by Gasteiger charge is 2.29. The van der Waals surface area contributed by atoms with Crippen LogP contribution in [0, 0.1) is 0 Å². The fraction of sp³-hybridized carbons (Fsp3) is 0.273. The predicted octanol–water partition coefficient (Wildman–Crippen LogP) is 2.93. The number of benzene rings is 2. The number of amides is 1. The lowest BCUT2D eigenvalue weighted by Crippen LogP contribution is -2.29. The molecule has 0 aliphatic carbocycles. The Balaban J connectivity index is 1.65. The first kappa shape index (κ1) is 21.1. The molecule has 0 saturated heterocycles. The van der Waals surface area contributed by atoms with E-state index in [9.17, 15) is 13.2 Å². The SMILES string of the molecule is CCOc1ccccc1-c1cc(C(=O)N2CCc3ccc(S(=O)(=O)N(C)C)cc32)[nH]n1. The zero-order valence-corrected chi connectivity index (χ0v) is 18.4. The number of aromatic nitrogens is 2. The van der Waals surface area contributed by atoms with Gasteiger partial charge in [-0.2, -0.15) is 5.10 Å². The van der Waals surface area contributed by atoms with Crippen LogP contribution < -0.4 is 9.64 Å². The summed E-state index contributed by atoms with van der Waals surface area (Å²) in [5.74, 6) is 0.436. The van der Waals surface area contributed by atoms with Crippen molar-refractivity contribution in [1.29, 1.82) is 0 Å². The summed E-state index contributed by atoms with van der Waals surface area (Å²) in [6.45, 7) is 2.91. The van der Waals surface area contributed by atoms with Crippen molar-refractivity contribution in [1.82, 2.24) is 14.5 Å². The molecule has 8 nitrogen and oxygen atoms in total. The van der Waals surface area contributed by atoms with Gasteiger partial charge in [0.1, 0.15) is 11.4 Å². The molecule has 0 radical (unpaired) electrons. The first-order valence-corrected chi connectivity index (χ1v) is 11.4. The molecule has 1 amide bonds. The molecule has 3 aromatic rings. The minimum Gasteiger partial charge on any atom is -0.493 e. The zero-order chi connectivity index (χ0) is 22.2. The number of anilines is 1. The molecular weight excluding hydrogens is 416 g/mol. The van der Waals surface area contributed by atoms with Crippen LogP contribution in [0.15, 0.2) is 53.4 Å². The Labute approximate surface area is 181 Å². The van der Waals surface area contributed by atoms with Crippen molar-refractivity contribution >= 4 is 21.6 Å². The summed E-state index contributed by atoms with van der Waals surface area (Å²) in [6.07, 6.45) is 0.664. The molecule has 162 valence electrons. The average molecular weight is 441 g/mol. The number of rotatable bonds is 6. The highest BCUT2D eigenvalue weighted by atomic mass is 32.2. The molecule has 4 rings (SSSR count). The smallest absolute Gasteiger partial charge is 0.276 e. The zero-order valence-electron chi connectivity index (χ0n) is 17.6. The van der Waals surface area contributed by atoms with E-state index in [1.165, 1.54) is 14.1 Å². The molecule has 0 saturated carbocycles. The van der Waals surface area contributed by atoms with Crippen LogP contribution in [0.2, 0.25) is 0 Å². The van der Waals surface area contributed by atoms with Crippen LogP contribution in [0.25, 0.3) is 11.3 Å². The maximum absolute atomic E-state index is 13.2. The van der Waals surface area contributed by atoms with E-state index < -0.39 is 10.0 Å². The van der Waals surface area contributed by atoms with E-state index in [0.29, 0.717) is 42.4 Å². The van der Waals surface area contributed by atoms with E-state index in [4.69, 9.17) is 4.74 Å². The Hall–Kier alpha value is -3.17. The van der Waals surface area contributed by atoms with Gasteiger partial charge in [0.25, 0.3) is 5.91 Å². The molecule has 0 bridgehead atoms. The van der Waals surface area contributed by atoms with Crippen molar-refractivity contribution in [3.8, 4) is 17.0 Å². The van der Waals surface area contributed by atoms with Gasteiger partial charge in [-0.15, -0.1) is 0 Å². The third-order valence-electron chi connectivity index (χ3n) is 5.25. The van der Waals surface area contributed by atoms with E-state index in [0.717, 1.165) is 15.4 Å². The van der Waals surface area contributed by atoms with E-state index >= 15 is 0 Å². The number of hydrogen-bond acceptors (Lipinski definition) is 5. The number of nitrogens with zero attached hydrogens (tertiary/aromatic N) is 3. The molecular formula is C22H24N4O4S. The van der Waals surface area contributed by atoms with Crippen LogP contribution in [-0.4, -0.2) is 56.1 Å². The van der Waals surface area contributed by atoms with Crippen LogP contribution in [0.4, 0.5) is 5.69 Å². The number of hydrogen-bond donors (Lipinski definition) is 1. The van der Waals surface area contributed by atoms with Crippen molar-refractivity contribution in [3.05, 3.63) is 59.8 Å². The molecule has 0 atom stereocenters. The minimum absolute atomic E-state index is 0.159. The van der Waals surface area contributed by atoms with Crippen molar-refractivity contribution in [2.24, 2.45) is 0 Å². The summed E-state index contributed by atoms with van der Waals surface area (Å²) in [4.78, 5) is 15.0. The molecule has 1 N–H and O–H groups in total. The van der Waals surface area contributed by atoms with Gasteiger partial charge in [-0.3, -0.25) is 9.89 Å². The number of ether oxygens (including phenoxy) is 1. The second-order valence-electron chi connectivity index (χ2n) is 7.38. The summed E-state index contributed by atoms with van der Waals surface area (Å²) in [5.41, 5.74) is 3.28. The summed E-state index contributed by atoms with van der Waals surface area (Å²) < 4.78 is 31.9. The molecule has 9 heteroatoms. The topological polar surface area (TPSA) is 95.6 Å². The molecule has 0 unspecified atom stereocenters. The first-order valence-electron chi connectivity index (χ1n) is 9.98. The lowest BCUT2D eigenvalue weighted by molar-refractivity contribution is 0.0984. The summed E-state index contributed by atoms with van der Waals surface area (Å²) >= 11 is 0. The Kier molecular flexibility index (Phi) is 5.55. The van der Waals surface area contributed by atoms with Gasteiger partial charge in [-0.1, -0.05) is 18.2 Å². The van der Waals surface area contributed by atoms with E-state index in [-0.39, 0.29) is 10.8 Å². The summed E-state index contributed by atoms with van der Waals surface area (Å²) in [6, 6.07) is 14.1. The number of aromatic amines is 1. The van der Waals surface area contributed by atoms with Crippen molar-refractivity contribution < 1.29 is 17.9 Å². The lowest BCUT2D eigenvalue weighted by atomic mass is 10.1. The standard InChI is InChI=1S/C22H24N4O4S/c1-4-30-21-8-6-5-7-17(21)18-14-19(24-23-18)22(27)26-12-11-15-9-10-16(13-20(15)26)31(28,29)25(2)3/h5-10,13-14H,4,11-12H2,1-3H3,(H,23,24). The average Bonchev–Trinajstić information content (AvgIpc) is 3.41. The monoisotopic (exact) mass is 440 g/mol. The van der Waals surface area contributed by atoms with Crippen molar-refractivity contribution in [2.45, 2.75) is 18.2 Å². The first-order chi connectivity index (χ1) is 14.8. The third-order valence-corrected chi connectivity index (χ3v) is 7.06. The Morgan fingerprint density at radius 1 is 1.19 bits per heavy atom.